The van der Waals surface area contributed by atoms with Crippen LogP contribution in [0.5, 0.6) is 0 Å². The number of halogens is 1. The highest BCUT2D eigenvalue weighted by molar-refractivity contribution is 7.17. The van der Waals surface area contributed by atoms with Crippen molar-refractivity contribution in [2.45, 2.75) is 26.8 Å². The summed E-state index contributed by atoms with van der Waals surface area (Å²) in [4.78, 5) is 33.2. The minimum absolute atomic E-state index is 0.0767. The number of thiophene rings is 1. The average Bonchev–Trinajstić information content (AvgIpc) is 3.31. The van der Waals surface area contributed by atoms with Crippen molar-refractivity contribution >= 4 is 45.4 Å². The first kappa shape index (κ1) is 20.5. The number of urea groups is 1. The minimum Gasteiger partial charge on any atom is -0.330 e. The van der Waals surface area contributed by atoms with Gasteiger partial charge in [-0.05, 0) is 49.7 Å². The fourth-order valence-electron chi connectivity index (χ4n) is 3.35. The Kier molecular flexibility index (Phi) is 5.85. The summed E-state index contributed by atoms with van der Waals surface area (Å²) in [6.07, 6.45) is 0.717. The molecule has 4 rings (SSSR count). The number of nitrogens with zero attached hydrogens (tertiary/aromatic N) is 3. The van der Waals surface area contributed by atoms with Gasteiger partial charge in [-0.3, -0.25) is 15.0 Å². The van der Waals surface area contributed by atoms with Crippen molar-refractivity contribution in [3.05, 3.63) is 57.0 Å². The van der Waals surface area contributed by atoms with Crippen molar-refractivity contribution in [1.29, 1.82) is 0 Å². The first-order valence-corrected chi connectivity index (χ1v) is 10.7. The van der Waals surface area contributed by atoms with Crippen molar-refractivity contribution in [3.63, 3.8) is 0 Å². The highest BCUT2D eigenvalue weighted by Gasteiger charge is 2.31. The molecular formula is C20H20ClN5O3S. The number of nitrogens with one attached hydrogen (secondary N) is 2. The maximum atomic E-state index is 13.2. The second kappa shape index (κ2) is 8.55. The molecule has 8 nitrogen and oxygen atoms in total. The summed E-state index contributed by atoms with van der Waals surface area (Å²) in [6, 6.07) is 6.33. The Morgan fingerprint density at radius 3 is 2.70 bits per heavy atom. The van der Waals surface area contributed by atoms with Crippen LogP contribution in [0.1, 0.15) is 39.4 Å². The summed E-state index contributed by atoms with van der Waals surface area (Å²) in [5, 5.41) is 10.4. The van der Waals surface area contributed by atoms with Crippen molar-refractivity contribution < 1.29 is 14.1 Å². The number of fused-ring (bicyclic) bond motifs is 1. The Hall–Kier alpha value is -2.75. The van der Waals surface area contributed by atoms with E-state index in [9.17, 15) is 9.59 Å². The zero-order valence-corrected chi connectivity index (χ0v) is 18.1. The van der Waals surface area contributed by atoms with Gasteiger partial charge in [-0.1, -0.05) is 23.7 Å². The van der Waals surface area contributed by atoms with Crippen LogP contribution in [-0.4, -0.2) is 39.9 Å². The van der Waals surface area contributed by atoms with Crippen LogP contribution >= 0.6 is 22.9 Å². The highest BCUT2D eigenvalue weighted by Crippen LogP contribution is 2.38. The van der Waals surface area contributed by atoms with Crippen LogP contribution in [0.25, 0.3) is 0 Å². The van der Waals surface area contributed by atoms with Crippen LogP contribution in [0.3, 0.4) is 0 Å². The number of amides is 2. The Bertz CT molecular complexity index is 1090. The number of rotatable bonds is 5. The smallest absolute Gasteiger partial charge is 0.324 e. The van der Waals surface area contributed by atoms with Gasteiger partial charge >= 0.3 is 6.03 Å². The molecule has 0 aliphatic carbocycles. The molecule has 2 aromatic heterocycles. The van der Waals surface area contributed by atoms with Crippen LogP contribution in [0.2, 0.25) is 5.02 Å². The fourth-order valence-corrected chi connectivity index (χ4v) is 4.76. The van der Waals surface area contributed by atoms with Crippen LogP contribution in [0, 0.1) is 6.92 Å². The van der Waals surface area contributed by atoms with Gasteiger partial charge in [0.1, 0.15) is 5.00 Å². The van der Waals surface area contributed by atoms with Gasteiger partial charge in [-0.15, -0.1) is 11.3 Å². The summed E-state index contributed by atoms with van der Waals surface area (Å²) >= 11 is 7.29. The number of hydrogen-bond donors (Lipinski definition) is 2. The van der Waals surface area contributed by atoms with E-state index in [1.165, 1.54) is 11.3 Å². The maximum Gasteiger partial charge on any atom is 0.324 e. The molecule has 0 saturated carbocycles. The van der Waals surface area contributed by atoms with E-state index in [1.54, 1.807) is 31.2 Å². The number of anilines is 2. The molecule has 2 N–H and O–H groups in total. The van der Waals surface area contributed by atoms with Crippen molar-refractivity contribution in [1.82, 2.24) is 15.0 Å². The maximum absolute atomic E-state index is 13.2. The lowest BCUT2D eigenvalue weighted by molar-refractivity contribution is 0.0993. The molecule has 0 bridgehead atoms. The lowest BCUT2D eigenvalue weighted by Crippen LogP contribution is -2.30. The van der Waals surface area contributed by atoms with Gasteiger partial charge in [-0.2, -0.15) is 4.98 Å². The monoisotopic (exact) mass is 445 g/mol. The molecule has 10 heteroatoms. The number of benzene rings is 1. The quantitative estimate of drug-likeness (QED) is 0.566. The normalized spacial score (nSPS) is 13.7. The molecule has 3 heterocycles. The first-order valence-electron chi connectivity index (χ1n) is 9.50. The van der Waals surface area contributed by atoms with Gasteiger partial charge < -0.3 is 9.84 Å². The largest absolute Gasteiger partial charge is 0.330 e. The molecule has 3 aromatic rings. The molecule has 1 aliphatic heterocycles. The molecule has 0 fully saturated rings. The third-order valence-corrected chi connectivity index (χ3v) is 6.25. The number of ketones is 1. The second-order valence-electron chi connectivity index (χ2n) is 6.89. The van der Waals surface area contributed by atoms with Crippen LogP contribution in [0.4, 0.5) is 15.5 Å². The highest BCUT2D eigenvalue weighted by atomic mass is 35.5. The van der Waals surface area contributed by atoms with E-state index in [0.29, 0.717) is 33.5 Å². The summed E-state index contributed by atoms with van der Waals surface area (Å²) in [6.45, 7) is 6.26. The third kappa shape index (κ3) is 4.23. The molecule has 0 radical (unpaired) electrons. The Morgan fingerprint density at radius 1 is 1.27 bits per heavy atom. The van der Waals surface area contributed by atoms with Crippen LogP contribution in [-0.2, 0) is 13.0 Å². The molecule has 2 amide bonds. The lowest BCUT2D eigenvalue weighted by Gasteiger charge is -2.25. The van der Waals surface area contributed by atoms with E-state index >= 15 is 0 Å². The zero-order valence-electron chi connectivity index (χ0n) is 16.5. The van der Waals surface area contributed by atoms with Crippen LogP contribution < -0.4 is 10.6 Å². The second-order valence-corrected chi connectivity index (χ2v) is 8.43. The molecule has 156 valence electrons. The predicted molar refractivity (Wildman–Crippen MR) is 116 cm³/mol. The first-order chi connectivity index (χ1) is 14.4. The number of carbonyl (C=O) groups is 2. The van der Waals surface area contributed by atoms with E-state index in [0.717, 1.165) is 30.1 Å². The van der Waals surface area contributed by atoms with E-state index in [1.807, 2.05) is 0 Å². The molecule has 0 atom stereocenters. The topological polar surface area (TPSA) is 100 Å². The third-order valence-electron chi connectivity index (χ3n) is 4.86. The van der Waals surface area contributed by atoms with Gasteiger partial charge in [0.05, 0.1) is 5.56 Å². The van der Waals surface area contributed by atoms with Gasteiger partial charge in [0.25, 0.3) is 11.7 Å². The molecule has 30 heavy (non-hydrogen) atoms. The molecule has 1 aliphatic rings. The summed E-state index contributed by atoms with van der Waals surface area (Å²) in [5.41, 5.74) is 1.96. The lowest BCUT2D eigenvalue weighted by atomic mass is 10.00. The SMILES string of the molecule is CCN1CCc2c(sc(NC(=O)Nc3ccc(Cl)cc3)c2C(=O)c2nc(C)no2)C1. The zero-order chi connectivity index (χ0) is 21.3. The minimum atomic E-state index is -0.445. The van der Waals surface area contributed by atoms with Crippen molar-refractivity contribution in [2.75, 3.05) is 23.7 Å². The Labute approximate surface area is 182 Å². The summed E-state index contributed by atoms with van der Waals surface area (Å²) in [7, 11) is 0. The van der Waals surface area contributed by atoms with Gasteiger partial charge in [0.15, 0.2) is 5.82 Å². The van der Waals surface area contributed by atoms with Gasteiger partial charge in [-0.25, -0.2) is 4.79 Å². The van der Waals surface area contributed by atoms with Crippen molar-refractivity contribution in [3.8, 4) is 0 Å². The van der Waals surface area contributed by atoms with E-state index in [4.69, 9.17) is 16.1 Å². The standard InChI is InChI=1S/C20H20ClN5O3S/c1-3-26-9-8-14-15(10-26)30-19(16(14)17(27)18-22-11(2)25-29-18)24-20(28)23-13-6-4-12(21)5-7-13/h4-7H,3,8-10H2,1-2H3,(H2,23,24,28). The molecular weight excluding hydrogens is 426 g/mol. The number of likely N-dealkylation sites (N-methyl/N-ethyl adjacent to an activating group) is 1. The number of aryl methyl sites for hydroxylation is 1. The van der Waals surface area contributed by atoms with E-state index in [2.05, 4.69) is 32.6 Å². The van der Waals surface area contributed by atoms with E-state index < -0.39 is 6.03 Å². The van der Waals surface area contributed by atoms with Crippen LogP contribution in [0.15, 0.2) is 28.8 Å². The number of hydrogen-bond acceptors (Lipinski definition) is 7. The fraction of sp³-hybridized carbons (Fsp3) is 0.300. The van der Waals surface area contributed by atoms with Gasteiger partial charge in [0, 0.05) is 28.7 Å². The summed E-state index contributed by atoms with van der Waals surface area (Å²) in [5.74, 6) is -0.0679. The molecule has 0 saturated heterocycles. The Balaban J connectivity index is 1.64. The molecule has 0 spiro atoms. The average molecular weight is 446 g/mol. The molecule has 0 unspecified atom stereocenters. The van der Waals surface area contributed by atoms with E-state index in [-0.39, 0.29) is 11.7 Å². The number of aromatic nitrogens is 2. The Morgan fingerprint density at radius 2 is 2.03 bits per heavy atom. The molecule has 1 aromatic carbocycles. The number of carbonyl (C=O) groups excluding carboxylic acids is 2. The van der Waals surface area contributed by atoms with Crippen molar-refractivity contribution in [2.24, 2.45) is 0 Å². The van der Waals surface area contributed by atoms with Gasteiger partial charge in [0.2, 0.25) is 0 Å². The summed E-state index contributed by atoms with van der Waals surface area (Å²) < 4.78 is 5.09. The predicted octanol–water partition coefficient (Wildman–Crippen LogP) is 4.35.